The van der Waals surface area contributed by atoms with E-state index in [1.54, 1.807) is 0 Å². The largest absolute Gasteiger partial charge is 0.361 e. The van der Waals surface area contributed by atoms with E-state index in [2.05, 4.69) is 42.3 Å². The SMILES string of the molecule is C[Si](C)CCCN1CSc2ccccc21. The fourth-order valence-electron chi connectivity index (χ4n) is 1.87. The van der Waals surface area contributed by atoms with Crippen LogP contribution in [0.5, 0.6) is 0 Å². The summed E-state index contributed by atoms with van der Waals surface area (Å²) in [5.74, 6) is 1.15. The number of hydrogen-bond acceptors (Lipinski definition) is 2. The van der Waals surface area contributed by atoms with Gasteiger partial charge in [0.25, 0.3) is 0 Å². The maximum absolute atomic E-state index is 2.52. The molecule has 3 heteroatoms. The van der Waals surface area contributed by atoms with Crippen molar-refractivity contribution >= 4 is 26.2 Å². The van der Waals surface area contributed by atoms with Gasteiger partial charge in [0.1, 0.15) is 0 Å². The number of thioether (sulfide) groups is 1. The van der Waals surface area contributed by atoms with Crippen LogP contribution in [0.15, 0.2) is 29.2 Å². The average Bonchev–Trinajstić information content (AvgIpc) is 2.62. The summed E-state index contributed by atoms with van der Waals surface area (Å²) in [6, 6.07) is 10.2. The smallest absolute Gasteiger partial charge is 0.0686 e. The number of nitrogens with zero attached hydrogens (tertiary/aromatic N) is 1. The predicted molar refractivity (Wildman–Crippen MR) is 71.4 cm³/mol. The molecule has 0 amide bonds. The monoisotopic (exact) mass is 236 g/mol. The zero-order valence-corrected chi connectivity index (χ0v) is 11.3. The van der Waals surface area contributed by atoms with Gasteiger partial charge in [-0.3, -0.25) is 0 Å². The lowest BCUT2D eigenvalue weighted by Gasteiger charge is -2.18. The minimum absolute atomic E-state index is 0.0362. The molecule has 81 valence electrons. The van der Waals surface area contributed by atoms with Crippen molar-refractivity contribution in [2.24, 2.45) is 0 Å². The number of anilines is 1. The zero-order chi connectivity index (χ0) is 10.7. The molecule has 2 rings (SSSR count). The summed E-state index contributed by atoms with van der Waals surface area (Å²) in [6.07, 6.45) is 1.36. The van der Waals surface area contributed by atoms with Crippen molar-refractivity contribution in [1.29, 1.82) is 0 Å². The summed E-state index contributed by atoms with van der Waals surface area (Å²) in [5.41, 5.74) is 1.45. The average molecular weight is 236 g/mol. The first-order valence-electron chi connectivity index (χ1n) is 5.53. The van der Waals surface area contributed by atoms with Gasteiger partial charge in [0.2, 0.25) is 0 Å². The lowest BCUT2D eigenvalue weighted by Crippen LogP contribution is -2.21. The fraction of sp³-hybridized carbons (Fsp3) is 0.500. The van der Waals surface area contributed by atoms with E-state index >= 15 is 0 Å². The van der Waals surface area contributed by atoms with E-state index in [0.717, 1.165) is 5.88 Å². The molecule has 0 unspecified atom stereocenters. The summed E-state index contributed by atoms with van der Waals surface area (Å²) in [6.45, 7) is 6.04. The molecule has 0 bridgehead atoms. The third kappa shape index (κ3) is 2.79. The molecule has 0 fully saturated rings. The highest BCUT2D eigenvalue weighted by atomic mass is 32.2. The number of para-hydroxylation sites is 1. The van der Waals surface area contributed by atoms with Gasteiger partial charge in [-0.1, -0.05) is 31.3 Å². The molecule has 1 nitrogen and oxygen atoms in total. The van der Waals surface area contributed by atoms with E-state index in [4.69, 9.17) is 0 Å². The van der Waals surface area contributed by atoms with E-state index in [0.29, 0.717) is 0 Å². The number of hydrogen-bond donors (Lipinski definition) is 0. The van der Waals surface area contributed by atoms with Gasteiger partial charge < -0.3 is 4.90 Å². The van der Waals surface area contributed by atoms with Crippen LogP contribution in [0.2, 0.25) is 19.1 Å². The molecule has 0 saturated carbocycles. The van der Waals surface area contributed by atoms with Gasteiger partial charge >= 0.3 is 0 Å². The van der Waals surface area contributed by atoms with Gasteiger partial charge in [0.15, 0.2) is 0 Å². The Balaban J connectivity index is 1.90. The first-order valence-corrected chi connectivity index (χ1v) is 9.22. The Morgan fingerprint density at radius 3 is 2.93 bits per heavy atom. The molecule has 1 heterocycles. The van der Waals surface area contributed by atoms with Crippen LogP contribution < -0.4 is 4.90 Å². The second kappa shape index (κ2) is 5.08. The topological polar surface area (TPSA) is 3.24 Å². The molecule has 1 aliphatic heterocycles. The molecule has 1 radical (unpaired) electrons. The highest BCUT2D eigenvalue weighted by molar-refractivity contribution is 7.99. The van der Waals surface area contributed by atoms with E-state index in [-0.39, 0.29) is 8.80 Å². The molecular weight excluding hydrogens is 218 g/mol. The van der Waals surface area contributed by atoms with Gasteiger partial charge in [0.05, 0.1) is 11.6 Å². The predicted octanol–water partition coefficient (Wildman–Crippen LogP) is 3.70. The summed E-state index contributed by atoms with van der Waals surface area (Å²) < 4.78 is 0. The lowest BCUT2D eigenvalue weighted by molar-refractivity contribution is 0.836. The normalized spacial score (nSPS) is 14.7. The highest BCUT2D eigenvalue weighted by Crippen LogP contribution is 2.37. The van der Waals surface area contributed by atoms with Crippen LogP contribution in [-0.4, -0.2) is 21.2 Å². The van der Waals surface area contributed by atoms with Crippen molar-refractivity contribution in [1.82, 2.24) is 0 Å². The standard InChI is InChI=1S/C12H18NSSi/c1-15(2)9-5-8-13-10-14-12-7-4-3-6-11(12)13/h3-4,6-7H,5,8-10H2,1-2H3. The van der Waals surface area contributed by atoms with Crippen LogP contribution in [0.1, 0.15) is 6.42 Å². The molecule has 0 aliphatic carbocycles. The van der Waals surface area contributed by atoms with Gasteiger partial charge in [-0.2, -0.15) is 0 Å². The van der Waals surface area contributed by atoms with Crippen molar-refractivity contribution in [3.63, 3.8) is 0 Å². The van der Waals surface area contributed by atoms with Crippen molar-refractivity contribution in [3.05, 3.63) is 24.3 Å². The Hall–Kier alpha value is -0.413. The zero-order valence-electron chi connectivity index (χ0n) is 9.49. The Bertz CT molecular complexity index is 327. The van der Waals surface area contributed by atoms with Crippen LogP contribution in [0.4, 0.5) is 5.69 Å². The minimum atomic E-state index is -0.0362. The Morgan fingerprint density at radius 2 is 2.13 bits per heavy atom. The molecule has 15 heavy (non-hydrogen) atoms. The lowest BCUT2D eigenvalue weighted by atomic mass is 10.3. The van der Waals surface area contributed by atoms with Gasteiger partial charge in [-0.15, -0.1) is 11.8 Å². The Labute approximate surface area is 98.5 Å². The highest BCUT2D eigenvalue weighted by Gasteiger charge is 2.18. The summed E-state index contributed by atoms with van der Waals surface area (Å²) in [5, 5.41) is 0. The summed E-state index contributed by atoms with van der Waals surface area (Å²) in [4.78, 5) is 3.97. The minimum Gasteiger partial charge on any atom is -0.361 e. The quantitative estimate of drug-likeness (QED) is 0.733. The van der Waals surface area contributed by atoms with E-state index in [9.17, 15) is 0 Å². The molecule has 0 spiro atoms. The van der Waals surface area contributed by atoms with Crippen LogP contribution in [0.3, 0.4) is 0 Å². The molecule has 1 aromatic carbocycles. The summed E-state index contributed by atoms with van der Waals surface area (Å²) in [7, 11) is -0.0362. The molecule has 0 aromatic heterocycles. The molecule has 1 aromatic rings. The van der Waals surface area contributed by atoms with Crippen molar-refractivity contribution in [2.75, 3.05) is 17.3 Å². The van der Waals surface area contributed by atoms with Crippen LogP contribution >= 0.6 is 11.8 Å². The maximum atomic E-state index is 2.52. The second-order valence-electron chi connectivity index (χ2n) is 4.32. The first-order chi connectivity index (χ1) is 7.27. The fourth-order valence-corrected chi connectivity index (χ4v) is 3.81. The van der Waals surface area contributed by atoms with Crippen LogP contribution in [0, 0.1) is 0 Å². The van der Waals surface area contributed by atoms with Gasteiger partial charge in [0, 0.05) is 20.2 Å². The van der Waals surface area contributed by atoms with Gasteiger partial charge in [-0.25, -0.2) is 0 Å². The second-order valence-corrected chi connectivity index (χ2v) is 8.22. The molecular formula is C12H18NSSi. The molecule has 0 saturated heterocycles. The number of fused-ring (bicyclic) bond motifs is 1. The third-order valence-corrected chi connectivity index (χ3v) is 5.14. The first kappa shape index (κ1) is 11.1. The van der Waals surface area contributed by atoms with Crippen molar-refractivity contribution in [3.8, 4) is 0 Å². The Kier molecular flexibility index (Phi) is 3.75. The summed E-state index contributed by atoms with van der Waals surface area (Å²) >= 11 is 1.97. The van der Waals surface area contributed by atoms with Gasteiger partial charge in [-0.05, 0) is 18.6 Å². The van der Waals surface area contributed by atoms with Crippen LogP contribution in [0.25, 0.3) is 0 Å². The Morgan fingerprint density at radius 1 is 1.33 bits per heavy atom. The van der Waals surface area contributed by atoms with Crippen molar-refractivity contribution < 1.29 is 0 Å². The molecule has 1 aliphatic rings. The number of benzene rings is 1. The maximum Gasteiger partial charge on any atom is 0.0686 e. The molecule has 0 atom stereocenters. The molecule has 0 N–H and O–H groups in total. The third-order valence-electron chi connectivity index (χ3n) is 2.69. The number of rotatable bonds is 4. The van der Waals surface area contributed by atoms with Crippen LogP contribution in [-0.2, 0) is 0 Å². The van der Waals surface area contributed by atoms with E-state index in [1.807, 2.05) is 11.8 Å². The van der Waals surface area contributed by atoms with Crippen molar-refractivity contribution in [2.45, 2.75) is 30.5 Å². The van der Waals surface area contributed by atoms with E-state index < -0.39 is 0 Å². The van der Waals surface area contributed by atoms with E-state index in [1.165, 1.54) is 29.6 Å².